The maximum absolute atomic E-state index is 5.91. The lowest BCUT2D eigenvalue weighted by Gasteiger charge is -2.02. The summed E-state index contributed by atoms with van der Waals surface area (Å²) in [6.45, 7) is 3.54. The number of hydrogen-bond acceptors (Lipinski definition) is 5. The van der Waals surface area contributed by atoms with Gasteiger partial charge in [0.2, 0.25) is 0 Å². The molecule has 2 N–H and O–H groups in total. The molecule has 2 aliphatic heterocycles. The Balaban J connectivity index is 0.00000218. The van der Waals surface area contributed by atoms with Gasteiger partial charge in [0.15, 0.2) is 0 Å². The molecular formula is C24H23ClN4O. The fourth-order valence-corrected chi connectivity index (χ4v) is 3.55. The molecule has 2 aromatic carbocycles. The smallest absolute Gasteiger partial charge is 0.134 e. The summed E-state index contributed by atoms with van der Waals surface area (Å²) >= 11 is 0. The predicted octanol–water partition coefficient (Wildman–Crippen LogP) is 4.28. The molecule has 30 heavy (non-hydrogen) atoms. The van der Waals surface area contributed by atoms with Crippen LogP contribution in [0, 0.1) is 0 Å². The monoisotopic (exact) mass is 418 g/mol. The number of rotatable bonds is 5. The van der Waals surface area contributed by atoms with Crippen molar-refractivity contribution < 1.29 is 4.42 Å². The quantitative estimate of drug-likeness (QED) is 0.608. The molecule has 152 valence electrons. The number of amidine groups is 2. The second kappa shape index (κ2) is 9.01. The summed E-state index contributed by atoms with van der Waals surface area (Å²) in [4.78, 5) is 8.92. The molecule has 0 saturated carbocycles. The van der Waals surface area contributed by atoms with Gasteiger partial charge >= 0.3 is 0 Å². The molecule has 3 aromatic rings. The second-order valence-corrected chi connectivity index (χ2v) is 7.06. The van der Waals surface area contributed by atoms with E-state index in [0.717, 1.165) is 71.3 Å². The molecule has 0 unspecified atom stereocenters. The Kier molecular flexibility index (Phi) is 6.00. The number of aliphatic imine (C=N–C) groups is 2. The van der Waals surface area contributed by atoms with Crippen LogP contribution in [0.25, 0.3) is 23.1 Å². The van der Waals surface area contributed by atoms with Crippen molar-refractivity contribution >= 4 is 47.2 Å². The number of benzene rings is 2. The molecule has 0 bridgehead atoms. The Morgan fingerprint density at radius 2 is 1.43 bits per heavy atom. The first kappa shape index (κ1) is 20.0. The van der Waals surface area contributed by atoms with Crippen LogP contribution in [0.15, 0.2) is 75.1 Å². The van der Waals surface area contributed by atoms with Crippen molar-refractivity contribution in [3.05, 3.63) is 83.1 Å². The summed E-state index contributed by atoms with van der Waals surface area (Å²) in [6, 6.07) is 16.6. The van der Waals surface area contributed by atoms with Crippen molar-refractivity contribution in [1.29, 1.82) is 0 Å². The van der Waals surface area contributed by atoms with E-state index in [0.29, 0.717) is 0 Å². The fraction of sp³-hybridized carbons (Fsp3) is 0.167. The highest BCUT2D eigenvalue weighted by molar-refractivity contribution is 6.02. The molecule has 5 nitrogen and oxygen atoms in total. The van der Waals surface area contributed by atoms with Crippen LogP contribution >= 0.6 is 12.4 Å². The van der Waals surface area contributed by atoms with Gasteiger partial charge in [-0.05, 0) is 35.9 Å². The third-order valence-electron chi connectivity index (χ3n) is 5.00. The van der Waals surface area contributed by atoms with Crippen LogP contribution in [0.3, 0.4) is 0 Å². The molecule has 2 aliphatic rings. The van der Waals surface area contributed by atoms with Crippen LogP contribution in [0.4, 0.5) is 0 Å². The van der Waals surface area contributed by atoms with Gasteiger partial charge in [-0.3, -0.25) is 9.98 Å². The van der Waals surface area contributed by atoms with Crippen molar-refractivity contribution in [3.63, 3.8) is 0 Å². The SMILES string of the molecule is C(/C=C/c1cc2cc(C3=NCCN3)ccc2o1)=C\c1ccc(C2=NCCN2)cc1.Cl. The Labute approximate surface area is 181 Å². The van der Waals surface area contributed by atoms with E-state index >= 15 is 0 Å². The van der Waals surface area contributed by atoms with E-state index in [1.165, 1.54) is 0 Å². The minimum Gasteiger partial charge on any atom is -0.457 e. The van der Waals surface area contributed by atoms with Crippen LogP contribution in [-0.2, 0) is 0 Å². The Morgan fingerprint density at radius 3 is 2.13 bits per heavy atom. The summed E-state index contributed by atoms with van der Waals surface area (Å²) in [5, 5.41) is 7.69. The first-order chi connectivity index (χ1) is 14.3. The minimum atomic E-state index is 0. The zero-order valence-corrected chi connectivity index (χ0v) is 17.3. The van der Waals surface area contributed by atoms with Crippen LogP contribution in [0.5, 0.6) is 0 Å². The predicted molar refractivity (Wildman–Crippen MR) is 127 cm³/mol. The van der Waals surface area contributed by atoms with Gasteiger partial charge in [0.1, 0.15) is 23.0 Å². The van der Waals surface area contributed by atoms with Gasteiger partial charge in [0, 0.05) is 29.6 Å². The van der Waals surface area contributed by atoms with E-state index in [4.69, 9.17) is 4.42 Å². The number of hydrogen-bond donors (Lipinski definition) is 2. The highest BCUT2D eigenvalue weighted by Crippen LogP contribution is 2.22. The number of fused-ring (bicyclic) bond motifs is 1. The molecule has 0 amide bonds. The molecular weight excluding hydrogens is 396 g/mol. The third kappa shape index (κ3) is 4.31. The van der Waals surface area contributed by atoms with Crippen LogP contribution in [0.2, 0.25) is 0 Å². The molecule has 0 radical (unpaired) electrons. The zero-order valence-electron chi connectivity index (χ0n) is 16.5. The third-order valence-corrected chi connectivity index (χ3v) is 5.00. The van der Waals surface area contributed by atoms with E-state index in [-0.39, 0.29) is 12.4 Å². The molecule has 0 aliphatic carbocycles. The van der Waals surface area contributed by atoms with E-state index in [9.17, 15) is 0 Å². The Bertz CT molecular complexity index is 1160. The molecule has 0 fully saturated rings. The number of nitrogens with one attached hydrogen (secondary N) is 2. The first-order valence-electron chi connectivity index (χ1n) is 9.91. The summed E-state index contributed by atoms with van der Waals surface area (Å²) in [5.74, 6) is 2.79. The van der Waals surface area contributed by atoms with Crippen molar-refractivity contribution in [2.75, 3.05) is 26.2 Å². The number of allylic oxidation sites excluding steroid dienone is 2. The average Bonchev–Trinajstić information content (AvgIpc) is 3.52. The number of halogens is 1. The molecule has 5 rings (SSSR count). The molecule has 0 atom stereocenters. The van der Waals surface area contributed by atoms with Crippen molar-refractivity contribution in [1.82, 2.24) is 10.6 Å². The van der Waals surface area contributed by atoms with E-state index in [1.807, 2.05) is 30.4 Å². The summed E-state index contributed by atoms with van der Waals surface area (Å²) in [6.07, 6.45) is 8.08. The standard InChI is InChI=1S/C24H22N4O.ClH/c1(3-17-5-7-18(8-6-17)23-25-11-12-26-23)2-4-21-16-20-15-19(9-10-22(20)29-21)24-27-13-14-28-24;/h1-10,15-16H,11-14H2,(H,25,26)(H,27,28);1H/b3-1+,4-2+;. The van der Waals surface area contributed by atoms with Gasteiger partial charge in [0.05, 0.1) is 13.1 Å². The van der Waals surface area contributed by atoms with Crippen LogP contribution in [0.1, 0.15) is 22.5 Å². The Hall–Kier alpha value is -3.31. The van der Waals surface area contributed by atoms with E-state index in [1.54, 1.807) is 0 Å². The number of nitrogens with zero attached hydrogens (tertiary/aromatic N) is 2. The molecule has 0 spiro atoms. The Morgan fingerprint density at radius 1 is 0.767 bits per heavy atom. The lowest BCUT2D eigenvalue weighted by Crippen LogP contribution is -2.19. The van der Waals surface area contributed by atoms with Crippen molar-refractivity contribution in [2.45, 2.75) is 0 Å². The summed E-state index contributed by atoms with van der Waals surface area (Å²) in [7, 11) is 0. The largest absolute Gasteiger partial charge is 0.457 e. The number of furan rings is 1. The molecule has 1 aromatic heterocycles. The maximum Gasteiger partial charge on any atom is 0.134 e. The maximum atomic E-state index is 5.91. The van der Waals surface area contributed by atoms with Gasteiger partial charge in [-0.2, -0.15) is 0 Å². The van der Waals surface area contributed by atoms with Gasteiger partial charge < -0.3 is 15.1 Å². The van der Waals surface area contributed by atoms with Gasteiger partial charge in [0.25, 0.3) is 0 Å². The topological polar surface area (TPSA) is 61.9 Å². The molecule has 3 heterocycles. The van der Waals surface area contributed by atoms with Crippen LogP contribution < -0.4 is 10.6 Å². The lowest BCUT2D eigenvalue weighted by molar-refractivity contribution is 0.604. The van der Waals surface area contributed by atoms with E-state index in [2.05, 4.69) is 63.1 Å². The normalized spacial score (nSPS) is 15.9. The highest BCUT2D eigenvalue weighted by Gasteiger charge is 2.10. The highest BCUT2D eigenvalue weighted by atomic mass is 35.5. The summed E-state index contributed by atoms with van der Waals surface area (Å²) < 4.78 is 5.91. The van der Waals surface area contributed by atoms with Gasteiger partial charge in [-0.15, -0.1) is 12.4 Å². The van der Waals surface area contributed by atoms with Crippen LogP contribution in [-0.4, -0.2) is 37.9 Å². The fourth-order valence-electron chi connectivity index (χ4n) is 3.55. The lowest BCUT2D eigenvalue weighted by atomic mass is 10.1. The van der Waals surface area contributed by atoms with Gasteiger partial charge in [-0.1, -0.05) is 42.5 Å². The molecule has 0 saturated heterocycles. The van der Waals surface area contributed by atoms with Gasteiger partial charge in [-0.25, -0.2) is 0 Å². The zero-order chi connectivity index (χ0) is 19.5. The minimum absolute atomic E-state index is 0. The van der Waals surface area contributed by atoms with Crippen molar-refractivity contribution in [3.8, 4) is 0 Å². The first-order valence-corrected chi connectivity index (χ1v) is 9.91. The van der Waals surface area contributed by atoms with E-state index < -0.39 is 0 Å². The second-order valence-electron chi connectivity index (χ2n) is 7.06. The van der Waals surface area contributed by atoms with Crippen molar-refractivity contribution in [2.24, 2.45) is 9.98 Å². The summed E-state index contributed by atoms with van der Waals surface area (Å²) in [5.41, 5.74) is 4.27. The average molecular weight is 419 g/mol. The molecule has 6 heteroatoms.